The van der Waals surface area contributed by atoms with Crippen molar-refractivity contribution in [1.29, 1.82) is 5.26 Å². The van der Waals surface area contributed by atoms with Gasteiger partial charge in [0.2, 0.25) is 5.91 Å². The van der Waals surface area contributed by atoms with E-state index in [0.717, 1.165) is 21.1 Å². The summed E-state index contributed by atoms with van der Waals surface area (Å²) in [7, 11) is 1.60. The number of rotatable bonds is 9. The molecule has 0 radical (unpaired) electrons. The third-order valence-corrected chi connectivity index (χ3v) is 7.13. The van der Waals surface area contributed by atoms with Crippen LogP contribution in [0, 0.1) is 21.4 Å². The highest BCUT2D eigenvalue weighted by atomic mass is 32.2. The highest BCUT2D eigenvalue weighted by Gasteiger charge is 2.12. The average molecular weight is 529 g/mol. The van der Waals surface area contributed by atoms with Gasteiger partial charge in [-0.2, -0.15) is 5.26 Å². The van der Waals surface area contributed by atoms with Gasteiger partial charge in [0.25, 0.3) is 5.69 Å². The molecule has 0 saturated heterocycles. The van der Waals surface area contributed by atoms with Crippen LogP contribution in [-0.4, -0.2) is 28.7 Å². The molecule has 3 aromatic carbocycles. The molecule has 0 saturated carbocycles. The Labute approximate surface area is 221 Å². The fourth-order valence-electron chi connectivity index (χ4n) is 3.27. The summed E-state index contributed by atoms with van der Waals surface area (Å²) in [6.07, 6.45) is 0. The summed E-state index contributed by atoms with van der Waals surface area (Å²) in [5.41, 5.74) is 2.67. The molecule has 10 heteroatoms. The first kappa shape index (κ1) is 25.8. The lowest BCUT2D eigenvalue weighted by Crippen LogP contribution is -2.14. The minimum absolute atomic E-state index is 0.0461. The third-order valence-electron chi connectivity index (χ3n) is 5.13. The lowest BCUT2D eigenvalue weighted by atomic mass is 10.1. The number of benzene rings is 3. The SMILES string of the molecule is COc1ccc(-c2ccc(C#N)c(SCC(=O)Nc3ccc(Sc4ccc([N+](=O)[O-])cc4)cc3)n2)cc1. The van der Waals surface area contributed by atoms with Crippen molar-refractivity contribution in [3.05, 3.63) is 101 Å². The predicted octanol–water partition coefficient (Wildman–Crippen LogP) is 6.42. The number of amides is 1. The first-order valence-electron chi connectivity index (χ1n) is 11.0. The first-order chi connectivity index (χ1) is 17.9. The molecule has 0 aliphatic rings. The van der Waals surface area contributed by atoms with Gasteiger partial charge in [-0.15, -0.1) is 0 Å². The topological polar surface area (TPSA) is 118 Å². The van der Waals surface area contributed by atoms with Gasteiger partial charge in [0, 0.05) is 33.2 Å². The predicted molar refractivity (Wildman–Crippen MR) is 144 cm³/mol. The zero-order valence-electron chi connectivity index (χ0n) is 19.6. The Balaban J connectivity index is 1.35. The van der Waals surface area contributed by atoms with E-state index in [-0.39, 0.29) is 17.3 Å². The summed E-state index contributed by atoms with van der Waals surface area (Å²) >= 11 is 2.66. The van der Waals surface area contributed by atoms with E-state index in [0.29, 0.717) is 22.0 Å². The van der Waals surface area contributed by atoms with Crippen LogP contribution in [0.4, 0.5) is 11.4 Å². The fourth-order valence-corrected chi connectivity index (χ4v) is 4.86. The molecule has 0 bridgehead atoms. The summed E-state index contributed by atoms with van der Waals surface area (Å²) < 4.78 is 5.19. The summed E-state index contributed by atoms with van der Waals surface area (Å²) in [6, 6.07) is 26.7. The van der Waals surface area contributed by atoms with Gasteiger partial charge in [-0.1, -0.05) is 23.5 Å². The van der Waals surface area contributed by atoms with Crippen molar-refractivity contribution in [1.82, 2.24) is 4.98 Å². The van der Waals surface area contributed by atoms with Crippen molar-refractivity contribution in [2.75, 3.05) is 18.2 Å². The molecule has 184 valence electrons. The van der Waals surface area contributed by atoms with Gasteiger partial charge in [0.15, 0.2) is 0 Å². The summed E-state index contributed by atoms with van der Waals surface area (Å²) in [5, 5.41) is 23.6. The number of nitro benzene ring substituents is 1. The minimum Gasteiger partial charge on any atom is -0.497 e. The van der Waals surface area contributed by atoms with Gasteiger partial charge in [-0.05, 0) is 72.8 Å². The number of methoxy groups -OCH3 is 1. The number of nitrogens with zero attached hydrogens (tertiary/aromatic N) is 3. The molecule has 1 heterocycles. The van der Waals surface area contributed by atoms with E-state index >= 15 is 0 Å². The van der Waals surface area contributed by atoms with Gasteiger partial charge in [0.05, 0.1) is 29.0 Å². The molecule has 0 fully saturated rings. The number of non-ortho nitro benzene ring substituents is 1. The Hall–Kier alpha value is -4.33. The second-order valence-corrected chi connectivity index (χ2v) is 9.71. The monoisotopic (exact) mass is 528 g/mol. The fraction of sp³-hybridized carbons (Fsp3) is 0.0741. The summed E-state index contributed by atoms with van der Waals surface area (Å²) in [4.78, 5) is 29.3. The van der Waals surface area contributed by atoms with Crippen LogP contribution < -0.4 is 10.1 Å². The third kappa shape index (κ3) is 6.88. The van der Waals surface area contributed by atoms with Gasteiger partial charge in [-0.25, -0.2) is 4.98 Å². The van der Waals surface area contributed by atoms with Crippen molar-refractivity contribution in [3.63, 3.8) is 0 Å². The quantitative estimate of drug-likeness (QED) is 0.150. The largest absolute Gasteiger partial charge is 0.497 e. The smallest absolute Gasteiger partial charge is 0.269 e. The Kier molecular flexibility index (Phi) is 8.40. The normalized spacial score (nSPS) is 10.4. The Morgan fingerprint density at radius 2 is 1.65 bits per heavy atom. The molecule has 0 spiro atoms. The minimum atomic E-state index is -0.432. The van der Waals surface area contributed by atoms with Crippen LogP contribution in [0.25, 0.3) is 11.3 Å². The number of pyridine rings is 1. The molecule has 0 aliphatic carbocycles. The second-order valence-electron chi connectivity index (χ2n) is 7.60. The number of nitrogens with one attached hydrogen (secondary N) is 1. The van der Waals surface area contributed by atoms with Crippen molar-refractivity contribution in [2.24, 2.45) is 0 Å². The average Bonchev–Trinajstić information content (AvgIpc) is 2.93. The Morgan fingerprint density at radius 1 is 1.00 bits per heavy atom. The molecule has 4 rings (SSSR count). The van der Waals surface area contributed by atoms with E-state index in [9.17, 15) is 20.2 Å². The molecule has 1 aromatic heterocycles. The summed E-state index contributed by atoms with van der Waals surface area (Å²) in [6.45, 7) is 0. The number of aromatic nitrogens is 1. The Morgan fingerprint density at radius 3 is 2.24 bits per heavy atom. The van der Waals surface area contributed by atoms with Crippen LogP contribution >= 0.6 is 23.5 Å². The molecule has 0 unspecified atom stereocenters. The number of thioether (sulfide) groups is 1. The van der Waals surface area contributed by atoms with E-state index in [2.05, 4.69) is 16.4 Å². The molecule has 4 aromatic rings. The number of ether oxygens (including phenoxy) is 1. The van der Waals surface area contributed by atoms with E-state index in [1.165, 1.54) is 35.7 Å². The molecule has 1 amide bonds. The highest BCUT2D eigenvalue weighted by Crippen LogP contribution is 2.30. The molecule has 0 aliphatic heterocycles. The van der Waals surface area contributed by atoms with E-state index in [4.69, 9.17) is 4.74 Å². The lowest BCUT2D eigenvalue weighted by Gasteiger charge is -2.09. The zero-order chi connectivity index (χ0) is 26.2. The molecule has 1 N–H and O–H groups in total. The van der Waals surface area contributed by atoms with E-state index in [1.807, 2.05) is 36.4 Å². The number of hydrogen-bond acceptors (Lipinski definition) is 8. The molecular weight excluding hydrogens is 508 g/mol. The zero-order valence-corrected chi connectivity index (χ0v) is 21.2. The molecule has 37 heavy (non-hydrogen) atoms. The van der Waals surface area contributed by atoms with Gasteiger partial charge < -0.3 is 10.1 Å². The Bertz CT molecular complexity index is 1450. The van der Waals surface area contributed by atoms with Gasteiger partial charge in [-0.3, -0.25) is 14.9 Å². The lowest BCUT2D eigenvalue weighted by molar-refractivity contribution is -0.384. The van der Waals surface area contributed by atoms with Gasteiger partial charge >= 0.3 is 0 Å². The van der Waals surface area contributed by atoms with Crippen molar-refractivity contribution in [3.8, 4) is 23.1 Å². The van der Waals surface area contributed by atoms with Crippen LogP contribution in [0.1, 0.15) is 5.56 Å². The van der Waals surface area contributed by atoms with Crippen LogP contribution in [0.3, 0.4) is 0 Å². The van der Waals surface area contributed by atoms with E-state index in [1.54, 1.807) is 43.5 Å². The van der Waals surface area contributed by atoms with E-state index < -0.39 is 4.92 Å². The van der Waals surface area contributed by atoms with Crippen LogP contribution in [0.2, 0.25) is 0 Å². The standard InChI is InChI=1S/C27H20N4O4S2/c1-35-22-9-2-18(3-10-22)25-15-4-19(16-28)27(30-25)36-17-26(32)29-20-5-11-23(12-6-20)37-24-13-7-21(8-14-24)31(33)34/h2-15H,17H2,1H3,(H,29,32). The number of hydrogen-bond donors (Lipinski definition) is 1. The van der Waals surface area contributed by atoms with Crippen molar-refractivity contribution in [2.45, 2.75) is 14.8 Å². The highest BCUT2D eigenvalue weighted by molar-refractivity contribution is 8.00. The molecular formula is C27H20N4O4S2. The number of carbonyl (C=O) groups excluding carboxylic acids is 1. The van der Waals surface area contributed by atoms with Crippen LogP contribution in [-0.2, 0) is 4.79 Å². The summed E-state index contributed by atoms with van der Waals surface area (Å²) in [5.74, 6) is 0.607. The first-order valence-corrected chi connectivity index (χ1v) is 12.8. The van der Waals surface area contributed by atoms with Crippen LogP contribution in [0.15, 0.2) is 99.7 Å². The number of nitro groups is 1. The maximum Gasteiger partial charge on any atom is 0.269 e. The second kappa shape index (κ2) is 12.1. The number of anilines is 1. The molecule has 0 atom stereocenters. The number of carbonyl (C=O) groups is 1. The molecule has 8 nitrogen and oxygen atoms in total. The van der Waals surface area contributed by atoms with Crippen LogP contribution in [0.5, 0.6) is 5.75 Å². The van der Waals surface area contributed by atoms with Crippen molar-refractivity contribution >= 4 is 40.8 Å². The van der Waals surface area contributed by atoms with Crippen molar-refractivity contribution < 1.29 is 14.5 Å². The maximum absolute atomic E-state index is 12.6. The maximum atomic E-state index is 12.6. The number of nitriles is 1. The van der Waals surface area contributed by atoms with Gasteiger partial charge in [0.1, 0.15) is 16.8 Å².